The molecule has 1 saturated heterocycles. The Morgan fingerprint density at radius 2 is 2.17 bits per heavy atom. The molecule has 5 nitrogen and oxygen atoms in total. The van der Waals surface area contributed by atoms with Gasteiger partial charge in [-0.1, -0.05) is 12.2 Å². The van der Waals surface area contributed by atoms with E-state index in [4.69, 9.17) is 0 Å². The standard InChI is InChI=1S/C19H26N4O/c24-19(21-4-3-15-7-20-11-22-15)18-16-9-23(10-17(16)18)8-14-6-12-1-2-13(14)5-12/h1-2,7,11-14,16-18H,3-6,8-10H2,(H,20,22)(H,21,24)/t12-,13+,14?,16-,17+,18?/m0/s1. The molecule has 0 aromatic carbocycles. The lowest BCUT2D eigenvalue weighted by molar-refractivity contribution is -0.123. The van der Waals surface area contributed by atoms with Gasteiger partial charge in [-0.2, -0.15) is 0 Å². The van der Waals surface area contributed by atoms with Crippen molar-refractivity contribution in [3.05, 3.63) is 30.4 Å². The number of rotatable bonds is 6. The van der Waals surface area contributed by atoms with Crippen molar-refractivity contribution in [2.45, 2.75) is 19.3 Å². The number of carbonyl (C=O) groups is 1. The van der Waals surface area contributed by atoms with Gasteiger partial charge in [-0.15, -0.1) is 0 Å². The van der Waals surface area contributed by atoms with E-state index in [1.807, 2.05) is 6.20 Å². The molecule has 2 saturated carbocycles. The summed E-state index contributed by atoms with van der Waals surface area (Å²) in [5.41, 5.74) is 1.08. The molecule has 24 heavy (non-hydrogen) atoms. The molecule has 1 amide bonds. The van der Waals surface area contributed by atoms with Gasteiger partial charge in [-0.05, 0) is 42.4 Å². The Morgan fingerprint density at radius 3 is 2.83 bits per heavy atom. The van der Waals surface area contributed by atoms with Gasteiger partial charge in [0.15, 0.2) is 0 Å². The van der Waals surface area contributed by atoms with Crippen LogP contribution in [0.2, 0.25) is 0 Å². The first-order chi connectivity index (χ1) is 11.8. The Kier molecular flexibility index (Phi) is 3.51. The van der Waals surface area contributed by atoms with Crippen molar-refractivity contribution >= 4 is 5.91 Å². The molecule has 6 atom stereocenters. The van der Waals surface area contributed by atoms with Gasteiger partial charge in [0.05, 0.1) is 6.33 Å². The van der Waals surface area contributed by atoms with Gasteiger partial charge >= 0.3 is 0 Å². The lowest BCUT2D eigenvalue weighted by Gasteiger charge is -2.26. The average Bonchev–Trinajstić information content (AvgIpc) is 3.15. The highest BCUT2D eigenvalue weighted by Crippen LogP contribution is 2.53. The molecule has 5 rings (SSSR count). The minimum Gasteiger partial charge on any atom is -0.355 e. The zero-order valence-corrected chi connectivity index (χ0v) is 14.0. The van der Waals surface area contributed by atoms with E-state index in [2.05, 4.69) is 32.3 Å². The van der Waals surface area contributed by atoms with Crippen molar-refractivity contribution in [2.75, 3.05) is 26.2 Å². The van der Waals surface area contributed by atoms with Crippen molar-refractivity contribution in [1.82, 2.24) is 20.2 Å². The maximum Gasteiger partial charge on any atom is 0.223 e. The molecule has 5 heteroatoms. The van der Waals surface area contributed by atoms with Crippen LogP contribution in [0.15, 0.2) is 24.7 Å². The molecule has 0 spiro atoms. The number of fused-ring (bicyclic) bond motifs is 3. The van der Waals surface area contributed by atoms with E-state index in [9.17, 15) is 4.79 Å². The lowest BCUT2D eigenvalue weighted by Crippen LogP contribution is -2.35. The van der Waals surface area contributed by atoms with Crippen molar-refractivity contribution in [3.63, 3.8) is 0 Å². The van der Waals surface area contributed by atoms with Crippen LogP contribution in [0.5, 0.6) is 0 Å². The summed E-state index contributed by atoms with van der Waals surface area (Å²) >= 11 is 0. The smallest absolute Gasteiger partial charge is 0.223 e. The van der Waals surface area contributed by atoms with Gasteiger partial charge in [0.25, 0.3) is 0 Å². The number of H-pyrrole nitrogens is 1. The molecule has 3 aliphatic carbocycles. The molecule has 1 aliphatic heterocycles. The normalized spacial score (nSPS) is 39.3. The number of amides is 1. The quantitative estimate of drug-likeness (QED) is 0.778. The predicted molar refractivity (Wildman–Crippen MR) is 91.1 cm³/mol. The summed E-state index contributed by atoms with van der Waals surface area (Å²) in [6, 6.07) is 0. The van der Waals surface area contributed by atoms with E-state index in [-0.39, 0.29) is 11.8 Å². The predicted octanol–water partition coefficient (Wildman–Crippen LogP) is 1.46. The zero-order valence-electron chi connectivity index (χ0n) is 14.0. The molecule has 128 valence electrons. The van der Waals surface area contributed by atoms with E-state index in [0.717, 1.165) is 43.0 Å². The Labute approximate surface area is 142 Å². The number of hydrogen-bond acceptors (Lipinski definition) is 3. The van der Waals surface area contributed by atoms with Gasteiger partial charge in [0, 0.05) is 50.4 Å². The second kappa shape index (κ2) is 5.73. The first kappa shape index (κ1) is 14.7. The van der Waals surface area contributed by atoms with Crippen LogP contribution in [0, 0.1) is 35.5 Å². The Hall–Kier alpha value is -1.62. The molecule has 1 aromatic rings. The fraction of sp³-hybridized carbons (Fsp3) is 0.684. The third kappa shape index (κ3) is 2.59. The number of aromatic nitrogens is 2. The summed E-state index contributed by atoms with van der Waals surface area (Å²) in [4.78, 5) is 22.0. The summed E-state index contributed by atoms with van der Waals surface area (Å²) < 4.78 is 0. The zero-order chi connectivity index (χ0) is 16.1. The van der Waals surface area contributed by atoms with Gasteiger partial charge in [-0.3, -0.25) is 4.79 Å². The van der Waals surface area contributed by atoms with Crippen molar-refractivity contribution in [1.29, 1.82) is 0 Å². The number of likely N-dealkylation sites (tertiary alicyclic amines) is 1. The fourth-order valence-electron chi connectivity index (χ4n) is 5.45. The third-order valence-electron chi connectivity index (χ3n) is 6.73. The molecule has 1 aromatic heterocycles. The molecular formula is C19H26N4O. The number of nitrogens with one attached hydrogen (secondary N) is 2. The molecule has 2 bridgehead atoms. The number of piperidine rings is 1. The number of nitrogens with zero attached hydrogens (tertiary/aromatic N) is 2. The van der Waals surface area contributed by atoms with E-state index >= 15 is 0 Å². The Bertz CT molecular complexity index is 628. The van der Waals surface area contributed by atoms with Crippen molar-refractivity contribution < 1.29 is 4.79 Å². The van der Waals surface area contributed by atoms with Crippen LogP contribution in [0.3, 0.4) is 0 Å². The number of aromatic amines is 1. The topological polar surface area (TPSA) is 61.0 Å². The van der Waals surface area contributed by atoms with Crippen LogP contribution in [-0.4, -0.2) is 47.0 Å². The number of hydrogen-bond donors (Lipinski definition) is 2. The second-order valence-corrected chi connectivity index (χ2v) is 8.23. The Morgan fingerprint density at radius 1 is 1.29 bits per heavy atom. The van der Waals surface area contributed by atoms with Crippen LogP contribution in [0.4, 0.5) is 0 Å². The lowest BCUT2D eigenvalue weighted by atomic mass is 9.93. The second-order valence-electron chi connectivity index (χ2n) is 8.23. The Balaban J connectivity index is 1.05. The van der Waals surface area contributed by atoms with Crippen LogP contribution in [-0.2, 0) is 11.2 Å². The summed E-state index contributed by atoms with van der Waals surface area (Å²) in [5.74, 6) is 4.37. The van der Waals surface area contributed by atoms with Crippen LogP contribution < -0.4 is 5.32 Å². The monoisotopic (exact) mass is 326 g/mol. The summed E-state index contributed by atoms with van der Waals surface area (Å²) in [7, 11) is 0. The molecular weight excluding hydrogens is 300 g/mol. The van der Waals surface area contributed by atoms with Gasteiger partial charge in [-0.25, -0.2) is 4.98 Å². The highest BCUT2D eigenvalue weighted by Gasteiger charge is 2.59. The minimum absolute atomic E-state index is 0.270. The molecule has 3 fully saturated rings. The van der Waals surface area contributed by atoms with Crippen molar-refractivity contribution in [2.24, 2.45) is 35.5 Å². The van der Waals surface area contributed by atoms with Crippen LogP contribution >= 0.6 is 0 Å². The van der Waals surface area contributed by atoms with E-state index < -0.39 is 0 Å². The van der Waals surface area contributed by atoms with Gasteiger partial charge in [0.1, 0.15) is 0 Å². The first-order valence-electron chi connectivity index (χ1n) is 9.43. The van der Waals surface area contributed by atoms with E-state index in [0.29, 0.717) is 18.4 Å². The van der Waals surface area contributed by atoms with E-state index in [1.165, 1.54) is 19.4 Å². The average molecular weight is 326 g/mol. The molecule has 2 heterocycles. The van der Waals surface area contributed by atoms with Gasteiger partial charge in [0.2, 0.25) is 5.91 Å². The summed E-state index contributed by atoms with van der Waals surface area (Å²) in [6.45, 7) is 4.24. The highest BCUT2D eigenvalue weighted by molar-refractivity contribution is 5.82. The molecule has 4 aliphatic rings. The van der Waals surface area contributed by atoms with Crippen LogP contribution in [0.25, 0.3) is 0 Å². The third-order valence-corrected chi connectivity index (χ3v) is 6.73. The number of allylic oxidation sites excluding steroid dienone is 2. The highest BCUT2D eigenvalue weighted by atomic mass is 16.2. The number of carbonyl (C=O) groups excluding carboxylic acids is 1. The molecule has 2 unspecified atom stereocenters. The van der Waals surface area contributed by atoms with E-state index in [1.54, 1.807) is 6.33 Å². The van der Waals surface area contributed by atoms with Crippen molar-refractivity contribution in [3.8, 4) is 0 Å². The van der Waals surface area contributed by atoms with Gasteiger partial charge < -0.3 is 15.2 Å². The van der Waals surface area contributed by atoms with Crippen LogP contribution in [0.1, 0.15) is 18.5 Å². The SMILES string of the molecule is O=C(NCCc1cnc[nH]1)C1[C@H]2CN(CC3C[C@H]4C=C[C@@H]3C4)C[C@@H]12. The molecule has 2 N–H and O–H groups in total. The largest absolute Gasteiger partial charge is 0.355 e. The summed E-state index contributed by atoms with van der Waals surface area (Å²) in [5, 5.41) is 3.11. The first-order valence-corrected chi connectivity index (χ1v) is 9.43. The minimum atomic E-state index is 0.270. The summed E-state index contributed by atoms with van der Waals surface area (Å²) in [6.07, 6.45) is 12.0. The number of imidazole rings is 1. The molecule has 0 radical (unpaired) electrons. The fourth-order valence-corrected chi connectivity index (χ4v) is 5.45. The maximum absolute atomic E-state index is 12.3. The maximum atomic E-state index is 12.3.